The van der Waals surface area contributed by atoms with E-state index in [9.17, 15) is 9.90 Å². The van der Waals surface area contributed by atoms with Crippen LogP contribution in [0.15, 0.2) is 30.3 Å². The molecule has 4 heteroatoms. The minimum atomic E-state index is -0.584. The van der Waals surface area contributed by atoms with Crippen LogP contribution >= 0.6 is 0 Å². The molecule has 2 atom stereocenters. The minimum absolute atomic E-state index is 0.407. The smallest absolute Gasteiger partial charge is 0.224 e. The quantitative estimate of drug-likeness (QED) is 0.793. The Hall–Kier alpha value is -1.39. The SMILES string of the molecule is NC(=O)[C@@H]1CN(Cc2ccccc2)CC[C@H]1O. The Labute approximate surface area is 101 Å². The third-order valence-corrected chi connectivity index (χ3v) is 3.27. The molecule has 1 aliphatic heterocycles. The maximum atomic E-state index is 11.2. The van der Waals surface area contributed by atoms with Crippen molar-refractivity contribution in [2.75, 3.05) is 13.1 Å². The third-order valence-electron chi connectivity index (χ3n) is 3.27. The van der Waals surface area contributed by atoms with Gasteiger partial charge in [-0.3, -0.25) is 9.69 Å². The molecule has 1 aromatic carbocycles. The molecule has 1 fully saturated rings. The fourth-order valence-corrected chi connectivity index (χ4v) is 2.27. The number of nitrogens with zero attached hydrogens (tertiary/aromatic N) is 1. The number of benzene rings is 1. The zero-order valence-electron chi connectivity index (χ0n) is 9.75. The Kier molecular flexibility index (Phi) is 3.76. The van der Waals surface area contributed by atoms with E-state index in [2.05, 4.69) is 17.0 Å². The number of primary amides is 1. The van der Waals surface area contributed by atoms with Gasteiger partial charge in [0.1, 0.15) is 0 Å². The number of carbonyl (C=O) groups is 1. The average Bonchev–Trinajstić information content (AvgIpc) is 2.32. The summed E-state index contributed by atoms with van der Waals surface area (Å²) in [4.78, 5) is 13.4. The van der Waals surface area contributed by atoms with Crippen molar-refractivity contribution in [3.63, 3.8) is 0 Å². The van der Waals surface area contributed by atoms with Crippen LogP contribution in [-0.2, 0) is 11.3 Å². The normalized spacial score (nSPS) is 25.7. The first kappa shape index (κ1) is 12.1. The molecule has 2 rings (SSSR count). The van der Waals surface area contributed by atoms with Crippen LogP contribution in [0, 0.1) is 5.92 Å². The Balaban J connectivity index is 1.97. The zero-order valence-corrected chi connectivity index (χ0v) is 9.75. The lowest BCUT2D eigenvalue weighted by atomic mass is 9.94. The number of aliphatic hydroxyl groups is 1. The Morgan fingerprint density at radius 1 is 1.41 bits per heavy atom. The van der Waals surface area contributed by atoms with Crippen LogP contribution < -0.4 is 5.73 Å². The molecule has 0 aromatic heterocycles. The van der Waals surface area contributed by atoms with Crippen molar-refractivity contribution in [3.8, 4) is 0 Å². The largest absolute Gasteiger partial charge is 0.392 e. The second-order valence-corrected chi connectivity index (χ2v) is 4.59. The Morgan fingerprint density at radius 2 is 2.12 bits per heavy atom. The fraction of sp³-hybridized carbons (Fsp3) is 0.462. The van der Waals surface area contributed by atoms with Crippen molar-refractivity contribution in [2.45, 2.75) is 19.1 Å². The molecule has 0 bridgehead atoms. The lowest BCUT2D eigenvalue weighted by Crippen LogP contribution is -2.48. The van der Waals surface area contributed by atoms with Gasteiger partial charge in [0.15, 0.2) is 0 Å². The molecule has 17 heavy (non-hydrogen) atoms. The topological polar surface area (TPSA) is 66.6 Å². The maximum Gasteiger partial charge on any atom is 0.224 e. The van der Waals surface area contributed by atoms with E-state index < -0.39 is 17.9 Å². The molecule has 3 N–H and O–H groups in total. The highest BCUT2D eigenvalue weighted by atomic mass is 16.3. The second kappa shape index (κ2) is 5.29. The molecular weight excluding hydrogens is 216 g/mol. The van der Waals surface area contributed by atoms with Gasteiger partial charge in [-0.25, -0.2) is 0 Å². The van der Waals surface area contributed by atoms with Crippen LogP contribution in [0.3, 0.4) is 0 Å². The van der Waals surface area contributed by atoms with Gasteiger partial charge in [-0.15, -0.1) is 0 Å². The Bertz CT molecular complexity index is 380. The number of hydrogen-bond acceptors (Lipinski definition) is 3. The number of hydrogen-bond donors (Lipinski definition) is 2. The van der Waals surface area contributed by atoms with E-state index in [-0.39, 0.29) is 0 Å². The molecule has 1 amide bonds. The van der Waals surface area contributed by atoms with Crippen molar-refractivity contribution < 1.29 is 9.90 Å². The van der Waals surface area contributed by atoms with E-state index in [4.69, 9.17) is 5.73 Å². The standard InChI is InChI=1S/C13H18N2O2/c14-13(17)11-9-15(7-6-12(11)16)8-10-4-2-1-3-5-10/h1-5,11-12,16H,6-9H2,(H2,14,17)/t11-,12-/m1/s1. The van der Waals surface area contributed by atoms with E-state index >= 15 is 0 Å². The van der Waals surface area contributed by atoms with E-state index in [1.807, 2.05) is 18.2 Å². The van der Waals surface area contributed by atoms with Gasteiger partial charge in [0, 0.05) is 19.6 Å². The van der Waals surface area contributed by atoms with Gasteiger partial charge < -0.3 is 10.8 Å². The van der Waals surface area contributed by atoms with E-state index in [1.165, 1.54) is 5.56 Å². The summed E-state index contributed by atoms with van der Waals surface area (Å²) in [5, 5.41) is 9.70. The minimum Gasteiger partial charge on any atom is -0.392 e. The highest BCUT2D eigenvalue weighted by Gasteiger charge is 2.31. The van der Waals surface area contributed by atoms with Crippen LogP contribution in [0.25, 0.3) is 0 Å². The molecular formula is C13H18N2O2. The lowest BCUT2D eigenvalue weighted by Gasteiger charge is -2.34. The number of aliphatic hydroxyl groups excluding tert-OH is 1. The van der Waals surface area contributed by atoms with Crippen LogP contribution in [-0.4, -0.2) is 35.1 Å². The molecule has 0 unspecified atom stereocenters. The first-order chi connectivity index (χ1) is 8.16. The van der Waals surface area contributed by atoms with Crippen molar-refractivity contribution >= 4 is 5.91 Å². The van der Waals surface area contributed by atoms with E-state index in [1.54, 1.807) is 0 Å². The first-order valence-corrected chi connectivity index (χ1v) is 5.90. The number of nitrogens with two attached hydrogens (primary N) is 1. The number of likely N-dealkylation sites (tertiary alicyclic amines) is 1. The fourth-order valence-electron chi connectivity index (χ4n) is 2.27. The number of rotatable bonds is 3. The molecule has 4 nitrogen and oxygen atoms in total. The van der Waals surface area contributed by atoms with E-state index in [0.717, 1.165) is 13.1 Å². The predicted octanol–water partition coefficient (Wildman–Crippen LogP) is 0.355. The molecule has 0 radical (unpaired) electrons. The van der Waals surface area contributed by atoms with Crippen LogP contribution in [0.4, 0.5) is 0 Å². The summed E-state index contributed by atoms with van der Waals surface area (Å²) in [6, 6.07) is 10.1. The van der Waals surface area contributed by atoms with Gasteiger partial charge in [0.25, 0.3) is 0 Å². The summed E-state index contributed by atoms with van der Waals surface area (Å²) in [6.07, 6.45) is 0.0278. The number of piperidine rings is 1. The molecule has 0 spiro atoms. The highest BCUT2D eigenvalue weighted by molar-refractivity contribution is 5.77. The third kappa shape index (κ3) is 3.05. The number of carbonyl (C=O) groups excluding carboxylic acids is 1. The second-order valence-electron chi connectivity index (χ2n) is 4.59. The summed E-state index contributed by atoms with van der Waals surface area (Å²) in [5.41, 5.74) is 6.50. The highest BCUT2D eigenvalue weighted by Crippen LogP contribution is 2.18. The summed E-state index contributed by atoms with van der Waals surface area (Å²) < 4.78 is 0. The summed E-state index contributed by atoms with van der Waals surface area (Å²) in [5.74, 6) is -0.845. The van der Waals surface area contributed by atoms with Gasteiger partial charge in [-0.1, -0.05) is 30.3 Å². The van der Waals surface area contributed by atoms with Crippen molar-refractivity contribution in [2.24, 2.45) is 11.7 Å². The van der Waals surface area contributed by atoms with Crippen LogP contribution in [0.1, 0.15) is 12.0 Å². The molecule has 0 aliphatic carbocycles. The molecule has 0 saturated carbocycles. The molecule has 1 heterocycles. The van der Waals surface area contributed by atoms with Crippen molar-refractivity contribution in [1.29, 1.82) is 0 Å². The summed E-state index contributed by atoms with van der Waals surface area (Å²) >= 11 is 0. The molecule has 1 saturated heterocycles. The molecule has 92 valence electrons. The van der Waals surface area contributed by atoms with E-state index in [0.29, 0.717) is 13.0 Å². The van der Waals surface area contributed by atoms with Gasteiger partial charge in [-0.05, 0) is 12.0 Å². The van der Waals surface area contributed by atoms with Crippen LogP contribution in [0.2, 0.25) is 0 Å². The van der Waals surface area contributed by atoms with Gasteiger partial charge in [-0.2, -0.15) is 0 Å². The number of amides is 1. The van der Waals surface area contributed by atoms with Gasteiger partial charge >= 0.3 is 0 Å². The van der Waals surface area contributed by atoms with Gasteiger partial charge in [0.2, 0.25) is 5.91 Å². The zero-order chi connectivity index (χ0) is 12.3. The lowest BCUT2D eigenvalue weighted by molar-refractivity contribution is -0.128. The monoisotopic (exact) mass is 234 g/mol. The first-order valence-electron chi connectivity index (χ1n) is 5.90. The summed E-state index contributed by atoms with van der Waals surface area (Å²) in [6.45, 7) is 2.16. The average molecular weight is 234 g/mol. The predicted molar refractivity (Wildman–Crippen MR) is 65.0 cm³/mol. The van der Waals surface area contributed by atoms with Crippen molar-refractivity contribution in [3.05, 3.63) is 35.9 Å². The molecule has 1 aliphatic rings. The Morgan fingerprint density at radius 3 is 2.76 bits per heavy atom. The summed E-state index contributed by atoms with van der Waals surface area (Å²) in [7, 11) is 0. The van der Waals surface area contributed by atoms with Crippen LogP contribution in [0.5, 0.6) is 0 Å². The molecule has 1 aromatic rings. The van der Waals surface area contributed by atoms with Crippen molar-refractivity contribution in [1.82, 2.24) is 4.90 Å². The van der Waals surface area contributed by atoms with Gasteiger partial charge in [0.05, 0.1) is 12.0 Å². The maximum absolute atomic E-state index is 11.2.